The fraction of sp³-hybridized carbons (Fsp3) is 0.273. The van der Waals surface area contributed by atoms with Crippen LogP contribution in [0.5, 0.6) is 0 Å². The van der Waals surface area contributed by atoms with Gasteiger partial charge in [0.15, 0.2) is 0 Å². The summed E-state index contributed by atoms with van der Waals surface area (Å²) in [6.07, 6.45) is 3.54. The first-order valence-electron chi connectivity index (χ1n) is 9.20. The van der Waals surface area contributed by atoms with Crippen molar-refractivity contribution in [3.63, 3.8) is 0 Å². The van der Waals surface area contributed by atoms with Gasteiger partial charge in [-0.25, -0.2) is 4.68 Å². The largest absolute Gasteiger partial charge is 0.376 e. The van der Waals surface area contributed by atoms with Gasteiger partial charge in [0.2, 0.25) is 0 Å². The van der Waals surface area contributed by atoms with Gasteiger partial charge in [-0.05, 0) is 23.6 Å². The Balaban J connectivity index is 2.14. The van der Waals surface area contributed by atoms with Crippen LogP contribution in [0.1, 0.15) is 35.6 Å². The molecule has 0 spiro atoms. The Hall–Kier alpha value is -3.64. The van der Waals surface area contributed by atoms with E-state index in [1.54, 1.807) is 4.68 Å². The molecule has 0 fully saturated rings. The van der Waals surface area contributed by atoms with Crippen molar-refractivity contribution < 1.29 is 0 Å². The first kappa shape index (κ1) is 19.1. The summed E-state index contributed by atoms with van der Waals surface area (Å²) in [5.74, 6) is 0. The normalized spacial score (nSPS) is 10.3. The molecule has 0 aliphatic rings. The van der Waals surface area contributed by atoms with Crippen LogP contribution in [0.25, 0.3) is 11.3 Å². The van der Waals surface area contributed by atoms with E-state index < -0.39 is 0 Å². The van der Waals surface area contributed by atoms with Crippen LogP contribution in [-0.4, -0.2) is 29.1 Å². The van der Waals surface area contributed by atoms with E-state index in [0.717, 1.165) is 29.5 Å². The summed E-state index contributed by atoms with van der Waals surface area (Å²) < 4.78 is 1.77. The minimum absolute atomic E-state index is 0.472. The minimum atomic E-state index is 0.472. The smallest absolute Gasteiger partial charge is 0.114 e. The van der Waals surface area contributed by atoms with E-state index in [4.69, 9.17) is 0 Å². The quantitative estimate of drug-likeness (QED) is 0.660. The third-order valence-electron chi connectivity index (χ3n) is 4.56. The monoisotopic (exact) mass is 370 g/mol. The molecule has 0 saturated carbocycles. The van der Waals surface area contributed by atoms with E-state index in [9.17, 15) is 10.5 Å². The van der Waals surface area contributed by atoms with Crippen molar-refractivity contribution in [2.75, 3.05) is 19.0 Å². The number of hydrogen-bond donors (Lipinski definition) is 0. The highest BCUT2D eigenvalue weighted by molar-refractivity contribution is 5.82. The number of rotatable bonds is 6. The molecule has 2 aromatic carbocycles. The first-order valence-corrected chi connectivity index (χ1v) is 9.20. The highest BCUT2D eigenvalue weighted by Gasteiger charge is 2.22. The Morgan fingerprint density at radius 1 is 1.11 bits per heavy atom. The maximum atomic E-state index is 9.92. The van der Waals surface area contributed by atoms with Crippen LogP contribution < -0.4 is 4.90 Å². The SMILES string of the molecule is CCCc1cc(C#N)c(N(C)C)c(C#N)c1-c1cn(Cc2ccccc2)nn1. The zero-order valence-corrected chi connectivity index (χ0v) is 16.3. The number of anilines is 1. The van der Waals surface area contributed by atoms with Crippen LogP contribution in [0.4, 0.5) is 5.69 Å². The second-order valence-corrected chi connectivity index (χ2v) is 6.84. The van der Waals surface area contributed by atoms with E-state index >= 15 is 0 Å². The van der Waals surface area contributed by atoms with Crippen LogP contribution in [0.15, 0.2) is 42.6 Å². The molecule has 0 atom stereocenters. The Labute approximate surface area is 165 Å². The van der Waals surface area contributed by atoms with Gasteiger partial charge in [-0.3, -0.25) is 0 Å². The molecular weight excluding hydrogens is 348 g/mol. The minimum Gasteiger partial charge on any atom is -0.376 e. The molecule has 6 heteroatoms. The molecule has 0 unspecified atom stereocenters. The molecular formula is C22H22N6. The number of aryl methyl sites for hydroxylation is 1. The van der Waals surface area contributed by atoms with E-state index in [-0.39, 0.29) is 0 Å². The number of aromatic nitrogens is 3. The molecule has 0 bridgehead atoms. The van der Waals surface area contributed by atoms with Gasteiger partial charge in [-0.2, -0.15) is 10.5 Å². The molecule has 3 aromatic rings. The second kappa shape index (κ2) is 8.37. The van der Waals surface area contributed by atoms with E-state index in [1.807, 2.05) is 61.6 Å². The Morgan fingerprint density at radius 2 is 1.86 bits per heavy atom. The standard InChI is InChI=1S/C22H22N6/c1-4-8-17-11-18(12-23)22(27(2)3)19(13-24)21(17)20-15-28(26-25-20)14-16-9-6-5-7-10-16/h5-7,9-11,15H,4,8,14H2,1-3H3. The number of benzene rings is 2. The topological polar surface area (TPSA) is 81.5 Å². The number of hydrogen-bond acceptors (Lipinski definition) is 5. The number of nitrogens with zero attached hydrogens (tertiary/aromatic N) is 6. The molecule has 6 nitrogen and oxygen atoms in total. The summed E-state index contributed by atoms with van der Waals surface area (Å²) in [6.45, 7) is 2.68. The van der Waals surface area contributed by atoms with Gasteiger partial charge >= 0.3 is 0 Å². The molecule has 1 aromatic heterocycles. The summed E-state index contributed by atoms with van der Waals surface area (Å²) in [5.41, 5.74) is 5.10. The molecule has 0 aliphatic carbocycles. The fourth-order valence-electron chi connectivity index (χ4n) is 3.41. The maximum absolute atomic E-state index is 9.92. The number of nitriles is 2. The Bertz CT molecular complexity index is 1050. The van der Waals surface area contributed by atoms with Crippen molar-refractivity contribution in [2.45, 2.75) is 26.3 Å². The highest BCUT2D eigenvalue weighted by Crippen LogP contribution is 2.36. The van der Waals surface area contributed by atoms with E-state index in [2.05, 4.69) is 29.4 Å². The fourth-order valence-corrected chi connectivity index (χ4v) is 3.41. The van der Waals surface area contributed by atoms with Gasteiger partial charge in [0.05, 0.1) is 29.6 Å². The third kappa shape index (κ3) is 3.72. The van der Waals surface area contributed by atoms with E-state index in [0.29, 0.717) is 29.1 Å². The zero-order valence-electron chi connectivity index (χ0n) is 16.3. The summed E-state index contributed by atoms with van der Waals surface area (Å²) in [7, 11) is 3.68. The van der Waals surface area contributed by atoms with Crippen molar-refractivity contribution in [3.8, 4) is 23.4 Å². The van der Waals surface area contributed by atoms with Crippen LogP contribution >= 0.6 is 0 Å². The summed E-state index contributed by atoms with van der Waals surface area (Å²) >= 11 is 0. The molecule has 1 heterocycles. The average molecular weight is 370 g/mol. The van der Waals surface area contributed by atoms with Crippen molar-refractivity contribution in [1.29, 1.82) is 10.5 Å². The highest BCUT2D eigenvalue weighted by atomic mass is 15.4. The van der Waals surface area contributed by atoms with E-state index in [1.165, 1.54) is 0 Å². The van der Waals surface area contributed by atoms with Crippen molar-refractivity contribution >= 4 is 5.69 Å². The lowest BCUT2D eigenvalue weighted by Crippen LogP contribution is -2.14. The summed E-state index contributed by atoms with van der Waals surface area (Å²) in [4.78, 5) is 1.81. The van der Waals surface area contributed by atoms with Crippen LogP contribution in [0, 0.1) is 22.7 Å². The molecule has 140 valence electrons. The summed E-state index contributed by atoms with van der Waals surface area (Å²) in [6, 6.07) is 16.5. The Kier molecular flexibility index (Phi) is 5.72. The second-order valence-electron chi connectivity index (χ2n) is 6.84. The zero-order chi connectivity index (χ0) is 20.1. The van der Waals surface area contributed by atoms with Crippen molar-refractivity contribution in [3.05, 3.63) is 64.8 Å². The van der Waals surface area contributed by atoms with Gasteiger partial charge in [0, 0.05) is 19.7 Å². The van der Waals surface area contributed by atoms with Gasteiger partial charge in [0.25, 0.3) is 0 Å². The predicted molar refractivity (Wildman–Crippen MR) is 109 cm³/mol. The molecule has 3 rings (SSSR count). The maximum Gasteiger partial charge on any atom is 0.114 e. The molecule has 0 aliphatic heterocycles. The lowest BCUT2D eigenvalue weighted by atomic mass is 9.91. The van der Waals surface area contributed by atoms with Gasteiger partial charge in [-0.1, -0.05) is 48.9 Å². The summed E-state index contributed by atoms with van der Waals surface area (Å²) in [5, 5.41) is 28.1. The lowest BCUT2D eigenvalue weighted by Gasteiger charge is -2.20. The third-order valence-corrected chi connectivity index (χ3v) is 4.56. The van der Waals surface area contributed by atoms with Crippen molar-refractivity contribution in [1.82, 2.24) is 15.0 Å². The van der Waals surface area contributed by atoms with Crippen molar-refractivity contribution in [2.24, 2.45) is 0 Å². The van der Waals surface area contributed by atoms with Gasteiger partial charge < -0.3 is 4.90 Å². The Morgan fingerprint density at radius 3 is 2.46 bits per heavy atom. The molecule has 0 amide bonds. The first-order chi connectivity index (χ1) is 13.6. The molecule has 0 N–H and O–H groups in total. The molecule has 0 saturated heterocycles. The average Bonchev–Trinajstić information content (AvgIpc) is 3.15. The molecule has 0 radical (unpaired) electrons. The van der Waals surface area contributed by atoms with Crippen LogP contribution in [0.2, 0.25) is 0 Å². The van der Waals surface area contributed by atoms with Gasteiger partial charge in [-0.15, -0.1) is 5.10 Å². The van der Waals surface area contributed by atoms with Crippen LogP contribution in [0.3, 0.4) is 0 Å². The van der Waals surface area contributed by atoms with Crippen LogP contribution in [-0.2, 0) is 13.0 Å². The predicted octanol–water partition coefficient (Wildman–Crippen LogP) is 3.76. The molecule has 28 heavy (non-hydrogen) atoms. The van der Waals surface area contributed by atoms with Gasteiger partial charge in [0.1, 0.15) is 17.8 Å². The lowest BCUT2D eigenvalue weighted by molar-refractivity contribution is 0.650.